The smallest absolute Gasteiger partial charge is 0.289 e. The van der Waals surface area contributed by atoms with Crippen molar-refractivity contribution in [2.75, 3.05) is 0 Å². The van der Waals surface area contributed by atoms with E-state index in [1.807, 2.05) is 0 Å². The Kier molecular flexibility index (Phi) is 7.10. The highest BCUT2D eigenvalue weighted by Crippen LogP contribution is 2.24. The standard InChI is InChI=1S/C10H23ClOSi/c1-5-8-9-10(4)12-13(11,6-2)7-3/h10H,5-9H2,1-4H3. The van der Waals surface area contributed by atoms with Gasteiger partial charge in [-0.1, -0.05) is 33.6 Å². The lowest BCUT2D eigenvalue weighted by Gasteiger charge is -2.26. The first kappa shape index (κ1) is 13.5. The second-order valence-corrected chi connectivity index (χ2v) is 9.14. The van der Waals surface area contributed by atoms with Gasteiger partial charge in [0, 0.05) is 6.10 Å². The first-order valence-electron chi connectivity index (χ1n) is 5.44. The Bertz CT molecular complexity index is 126. The van der Waals surface area contributed by atoms with Gasteiger partial charge < -0.3 is 4.43 Å². The van der Waals surface area contributed by atoms with E-state index < -0.39 is 7.63 Å². The van der Waals surface area contributed by atoms with Crippen molar-refractivity contribution in [2.45, 2.75) is 65.1 Å². The molecule has 0 aliphatic carbocycles. The molecule has 0 N–H and O–H groups in total. The highest BCUT2D eigenvalue weighted by molar-refractivity contribution is 7.16. The molecule has 0 fully saturated rings. The van der Waals surface area contributed by atoms with Gasteiger partial charge in [-0.05, 0) is 25.4 Å². The Labute approximate surface area is 88.7 Å². The average Bonchev–Trinajstić information content (AvgIpc) is 2.14. The minimum atomic E-state index is -1.84. The zero-order chi connectivity index (χ0) is 10.3. The number of hydrogen-bond donors (Lipinski definition) is 0. The third-order valence-electron chi connectivity index (χ3n) is 2.43. The number of halogens is 1. The van der Waals surface area contributed by atoms with Gasteiger partial charge in [0.2, 0.25) is 0 Å². The number of unbranched alkanes of at least 4 members (excludes halogenated alkanes) is 1. The van der Waals surface area contributed by atoms with Gasteiger partial charge in [0.1, 0.15) is 0 Å². The molecule has 0 aromatic carbocycles. The molecule has 13 heavy (non-hydrogen) atoms. The Morgan fingerprint density at radius 3 is 2.15 bits per heavy atom. The molecule has 0 aliphatic heterocycles. The molecule has 80 valence electrons. The van der Waals surface area contributed by atoms with Crippen LogP contribution < -0.4 is 0 Å². The average molecular weight is 223 g/mol. The van der Waals surface area contributed by atoms with Crippen LogP contribution >= 0.6 is 11.1 Å². The molecule has 1 atom stereocenters. The van der Waals surface area contributed by atoms with Gasteiger partial charge in [-0.2, -0.15) is 0 Å². The third-order valence-corrected chi connectivity index (χ3v) is 7.24. The lowest BCUT2D eigenvalue weighted by molar-refractivity contribution is 0.201. The van der Waals surface area contributed by atoms with Crippen molar-refractivity contribution >= 4 is 18.7 Å². The van der Waals surface area contributed by atoms with E-state index in [0.29, 0.717) is 6.10 Å². The molecule has 1 unspecified atom stereocenters. The van der Waals surface area contributed by atoms with E-state index in [9.17, 15) is 0 Å². The summed E-state index contributed by atoms with van der Waals surface area (Å²) < 4.78 is 5.94. The fourth-order valence-corrected chi connectivity index (χ4v) is 3.46. The quantitative estimate of drug-likeness (QED) is 0.461. The molecule has 0 radical (unpaired) electrons. The Hall–Kier alpha value is 0.467. The summed E-state index contributed by atoms with van der Waals surface area (Å²) in [6, 6.07) is 2.03. The molecule has 0 aromatic heterocycles. The summed E-state index contributed by atoms with van der Waals surface area (Å²) in [4.78, 5) is 0. The Morgan fingerprint density at radius 2 is 1.77 bits per heavy atom. The summed E-state index contributed by atoms with van der Waals surface area (Å²) in [5, 5.41) is 0. The van der Waals surface area contributed by atoms with Crippen LogP contribution in [0.4, 0.5) is 0 Å². The van der Waals surface area contributed by atoms with Crippen LogP contribution in [-0.2, 0) is 4.43 Å². The van der Waals surface area contributed by atoms with Crippen molar-refractivity contribution in [3.63, 3.8) is 0 Å². The zero-order valence-corrected chi connectivity index (χ0v) is 11.2. The Balaban J connectivity index is 3.79. The van der Waals surface area contributed by atoms with E-state index in [0.717, 1.165) is 18.5 Å². The van der Waals surface area contributed by atoms with E-state index in [4.69, 9.17) is 15.5 Å². The summed E-state index contributed by atoms with van der Waals surface area (Å²) in [5.74, 6) is 0. The van der Waals surface area contributed by atoms with Crippen molar-refractivity contribution in [1.82, 2.24) is 0 Å². The van der Waals surface area contributed by atoms with Crippen molar-refractivity contribution in [3.05, 3.63) is 0 Å². The van der Waals surface area contributed by atoms with Gasteiger partial charge >= 0.3 is 0 Å². The minimum absolute atomic E-state index is 0.351. The monoisotopic (exact) mass is 222 g/mol. The molecule has 0 amide bonds. The fourth-order valence-electron chi connectivity index (χ4n) is 1.33. The van der Waals surface area contributed by atoms with Gasteiger partial charge in [-0.15, -0.1) is 11.1 Å². The van der Waals surface area contributed by atoms with Crippen LogP contribution in [0.3, 0.4) is 0 Å². The van der Waals surface area contributed by atoms with E-state index >= 15 is 0 Å². The molecule has 1 nitrogen and oxygen atoms in total. The molecule has 0 rings (SSSR count). The molecule has 3 heteroatoms. The van der Waals surface area contributed by atoms with E-state index in [1.165, 1.54) is 12.8 Å². The third kappa shape index (κ3) is 5.71. The molecule has 0 heterocycles. The summed E-state index contributed by atoms with van der Waals surface area (Å²) in [5.41, 5.74) is 0. The van der Waals surface area contributed by atoms with Crippen LogP contribution in [0.25, 0.3) is 0 Å². The van der Waals surface area contributed by atoms with Gasteiger partial charge in [-0.25, -0.2) is 0 Å². The summed E-state index contributed by atoms with van der Waals surface area (Å²) in [7, 11) is -1.84. The van der Waals surface area contributed by atoms with Gasteiger partial charge in [0.05, 0.1) is 0 Å². The van der Waals surface area contributed by atoms with Gasteiger partial charge in [0.15, 0.2) is 0 Å². The second kappa shape index (κ2) is 6.85. The second-order valence-electron chi connectivity index (χ2n) is 3.66. The zero-order valence-electron chi connectivity index (χ0n) is 9.40. The maximum Gasteiger partial charge on any atom is 0.289 e. The maximum atomic E-state index is 6.40. The largest absolute Gasteiger partial charge is 0.400 e. The lowest BCUT2D eigenvalue weighted by Crippen LogP contribution is -2.33. The van der Waals surface area contributed by atoms with Crippen molar-refractivity contribution in [2.24, 2.45) is 0 Å². The highest BCUT2D eigenvalue weighted by atomic mass is 35.6. The molecule has 0 bridgehead atoms. The topological polar surface area (TPSA) is 9.23 Å². The maximum absolute atomic E-state index is 6.40. The molecular weight excluding hydrogens is 200 g/mol. The lowest BCUT2D eigenvalue weighted by atomic mass is 10.2. The molecule has 0 spiro atoms. The van der Waals surface area contributed by atoms with Crippen LogP contribution in [-0.4, -0.2) is 13.7 Å². The first-order valence-corrected chi connectivity index (χ1v) is 8.78. The number of hydrogen-bond acceptors (Lipinski definition) is 1. The molecule has 0 aliphatic rings. The van der Waals surface area contributed by atoms with Crippen molar-refractivity contribution < 1.29 is 4.43 Å². The van der Waals surface area contributed by atoms with Crippen molar-refractivity contribution in [3.8, 4) is 0 Å². The summed E-state index contributed by atoms with van der Waals surface area (Å²) >= 11 is 6.40. The molecule has 0 saturated heterocycles. The van der Waals surface area contributed by atoms with Crippen LogP contribution in [0.5, 0.6) is 0 Å². The number of rotatable bonds is 7. The van der Waals surface area contributed by atoms with Crippen LogP contribution in [0.15, 0.2) is 0 Å². The SMILES string of the molecule is CCCCC(C)O[Si](Cl)(CC)CC. The first-order chi connectivity index (χ1) is 6.08. The predicted molar refractivity (Wildman–Crippen MR) is 62.6 cm³/mol. The van der Waals surface area contributed by atoms with Gasteiger partial charge in [-0.3, -0.25) is 0 Å². The van der Waals surface area contributed by atoms with E-state index in [-0.39, 0.29) is 0 Å². The van der Waals surface area contributed by atoms with Crippen LogP contribution in [0.1, 0.15) is 47.0 Å². The molecular formula is C10H23ClOSi. The highest BCUT2D eigenvalue weighted by Gasteiger charge is 2.30. The normalized spacial score (nSPS) is 14.5. The summed E-state index contributed by atoms with van der Waals surface area (Å²) in [6.07, 6.45) is 3.99. The van der Waals surface area contributed by atoms with E-state index in [2.05, 4.69) is 27.7 Å². The molecule has 0 saturated carbocycles. The van der Waals surface area contributed by atoms with Crippen LogP contribution in [0, 0.1) is 0 Å². The van der Waals surface area contributed by atoms with Crippen LogP contribution in [0.2, 0.25) is 12.1 Å². The predicted octanol–water partition coefficient (Wildman–Crippen LogP) is 4.30. The summed E-state index contributed by atoms with van der Waals surface area (Å²) in [6.45, 7) is 8.62. The Morgan fingerprint density at radius 1 is 1.23 bits per heavy atom. The molecule has 0 aromatic rings. The van der Waals surface area contributed by atoms with E-state index in [1.54, 1.807) is 0 Å². The fraction of sp³-hybridized carbons (Fsp3) is 1.00. The van der Waals surface area contributed by atoms with Crippen molar-refractivity contribution in [1.29, 1.82) is 0 Å². The van der Waals surface area contributed by atoms with Gasteiger partial charge in [0.25, 0.3) is 7.63 Å². The minimum Gasteiger partial charge on any atom is -0.400 e.